The lowest BCUT2D eigenvalue weighted by molar-refractivity contribution is 0.163. The normalized spacial score (nSPS) is 14.6. The van der Waals surface area contributed by atoms with E-state index in [1.54, 1.807) is 11.3 Å². The van der Waals surface area contributed by atoms with Gasteiger partial charge in [-0.05, 0) is 49.7 Å². The van der Waals surface area contributed by atoms with Gasteiger partial charge in [-0.25, -0.2) is 15.0 Å². The van der Waals surface area contributed by atoms with E-state index in [2.05, 4.69) is 45.4 Å². The van der Waals surface area contributed by atoms with Crippen molar-refractivity contribution in [3.8, 4) is 16.3 Å². The molecule has 0 atom stereocenters. The number of benzene rings is 2. The lowest BCUT2D eigenvalue weighted by Crippen LogP contribution is -2.34. The average Bonchev–Trinajstić information content (AvgIpc) is 3.34. The second kappa shape index (κ2) is 9.21. The van der Waals surface area contributed by atoms with E-state index in [-0.39, 0.29) is 6.10 Å². The zero-order valence-electron chi connectivity index (χ0n) is 16.9. The van der Waals surface area contributed by atoms with Crippen molar-refractivity contribution in [2.45, 2.75) is 24.7 Å². The van der Waals surface area contributed by atoms with E-state index >= 15 is 0 Å². The molecule has 1 saturated heterocycles. The zero-order chi connectivity index (χ0) is 21.0. The van der Waals surface area contributed by atoms with Crippen LogP contribution in [0.5, 0.6) is 5.75 Å². The number of rotatable bonds is 6. The van der Waals surface area contributed by atoms with E-state index < -0.39 is 0 Å². The second-order valence-electron chi connectivity index (χ2n) is 7.49. The predicted molar refractivity (Wildman–Crippen MR) is 130 cm³/mol. The number of fused-ring (bicyclic) bond motifs is 1. The molecule has 4 aromatic rings. The maximum atomic E-state index is 6.44. The SMILES string of the molecule is SCc1cccc(Nc2ncc3cc(-c4nccs4)c(OC4CCNCC4)cc3n2)c1. The highest BCUT2D eigenvalue weighted by molar-refractivity contribution is 7.79. The Hall–Kier alpha value is -2.68. The van der Waals surface area contributed by atoms with Crippen LogP contribution >= 0.6 is 24.0 Å². The fourth-order valence-corrected chi connectivity index (χ4v) is 4.57. The Kier molecular flexibility index (Phi) is 6.01. The molecule has 0 aliphatic carbocycles. The molecule has 0 saturated carbocycles. The summed E-state index contributed by atoms with van der Waals surface area (Å²) in [5.41, 5.74) is 3.91. The van der Waals surface area contributed by atoms with Gasteiger partial charge in [-0.1, -0.05) is 12.1 Å². The number of anilines is 2. The number of aromatic nitrogens is 3. The van der Waals surface area contributed by atoms with E-state index in [4.69, 9.17) is 9.72 Å². The van der Waals surface area contributed by atoms with Crippen molar-refractivity contribution in [1.82, 2.24) is 20.3 Å². The molecule has 1 aliphatic heterocycles. The highest BCUT2D eigenvalue weighted by Crippen LogP contribution is 2.36. The third-order valence-corrected chi connectivity index (χ3v) is 6.46. The van der Waals surface area contributed by atoms with Crippen molar-refractivity contribution in [1.29, 1.82) is 0 Å². The molecule has 2 aromatic carbocycles. The number of thiazole rings is 1. The molecule has 5 rings (SSSR count). The minimum absolute atomic E-state index is 0.195. The quantitative estimate of drug-likeness (QED) is 0.358. The Morgan fingerprint density at radius 1 is 1.16 bits per heavy atom. The number of nitrogens with one attached hydrogen (secondary N) is 2. The number of piperidine rings is 1. The van der Waals surface area contributed by atoms with Crippen molar-refractivity contribution < 1.29 is 4.74 Å². The van der Waals surface area contributed by atoms with Crippen LogP contribution in [0.15, 0.2) is 54.2 Å². The fraction of sp³-hybridized carbons (Fsp3) is 0.261. The number of hydrogen-bond acceptors (Lipinski definition) is 8. The average molecular weight is 450 g/mol. The summed E-state index contributed by atoms with van der Waals surface area (Å²) in [4.78, 5) is 13.8. The summed E-state index contributed by atoms with van der Waals surface area (Å²) in [6.45, 7) is 1.96. The third-order valence-electron chi connectivity index (χ3n) is 5.29. The smallest absolute Gasteiger partial charge is 0.227 e. The first-order valence-electron chi connectivity index (χ1n) is 10.3. The van der Waals surface area contributed by atoms with Gasteiger partial charge >= 0.3 is 0 Å². The van der Waals surface area contributed by atoms with Crippen molar-refractivity contribution in [3.05, 3.63) is 59.7 Å². The molecule has 2 N–H and O–H groups in total. The Morgan fingerprint density at radius 3 is 2.87 bits per heavy atom. The van der Waals surface area contributed by atoms with Crippen molar-refractivity contribution >= 4 is 46.5 Å². The van der Waals surface area contributed by atoms with Crippen LogP contribution in [-0.4, -0.2) is 34.1 Å². The van der Waals surface area contributed by atoms with Crippen LogP contribution in [0.4, 0.5) is 11.6 Å². The number of nitrogens with zero attached hydrogens (tertiary/aromatic N) is 3. The number of thiol groups is 1. The topological polar surface area (TPSA) is 72.0 Å². The van der Waals surface area contributed by atoms with Gasteiger partial charge in [0.2, 0.25) is 5.95 Å². The van der Waals surface area contributed by atoms with E-state index in [0.29, 0.717) is 11.7 Å². The summed E-state index contributed by atoms with van der Waals surface area (Å²) in [6, 6.07) is 12.2. The Labute approximate surface area is 190 Å². The van der Waals surface area contributed by atoms with Crippen molar-refractivity contribution in [2.75, 3.05) is 18.4 Å². The lowest BCUT2D eigenvalue weighted by Gasteiger charge is -2.25. The molecule has 0 amide bonds. The lowest BCUT2D eigenvalue weighted by atomic mass is 10.1. The molecule has 0 bridgehead atoms. The van der Waals surface area contributed by atoms with Crippen molar-refractivity contribution in [2.24, 2.45) is 0 Å². The van der Waals surface area contributed by atoms with Crippen LogP contribution in [0.2, 0.25) is 0 Å². The summed E-state index contributed by atoms with van der Waals surface area (Å²) in [7, 11) is 0. The second-order valence-corrected chi connectivity index (χ2v) is 8.70. The minimum Gasteiger partial charge on any atom is -0.490 e. The first-order valence-corrected chi connectivity index (χ1v) is 11.8. The van der Waals surface area contributed by atoms with Gasteiger partial charge in [-0.15, -0.1) is 11.3 Å². The van der Waals surface area contributed by atoms with Gasteiger partial charge in [0.25, 0.3) is 0 Å². The van der Waals surface area contributed by atoms with Gasteiger partial charge in [0.1, 0.15) is 16.9 Å². The predicted octanol–water partition coefficient (Wildman–Crippen LogP) is 5.06. The van der Waals surface area contributed by atoms with Gasteiger partial charge in [0.05, 0.1) is 11.1 Å². The van der Waals surface area contributed by atoms with Gasteiger partial charge in [0, 0.05) is 40.7 Å². The summed E-state index contributed by atoms with van der Waals surface area (Å²) in [5, 5.41) is 10.6. The van der Waals surface area contributed by atoms with Crippen LogP contribution in [0, 0.1) is 0 Å². The highest BCUT2D eigenvalue weighted by atomic mass is 32.1. The maximum absolute atomic E-state index is 6.44. The summed E-state index contributed by atoms with van der Waals surface area (Å²) in [5.74, 6) is 2.07. The molecule has 158 valence electrons. The van der Waals surface area contributed by atoms with Gasteiger partial charge in [0.15, 0.2) is 0 Å². The molecule has 31 heavy (non-hydrogen) atoms. The van der Waals surface area contributed by atoms with Crippen LogP contribution in [0.3, 0.4) is 0 Å². The zero-order valence-corrected chi connectivity index (χ0v) is 18.6. The van der Waals surface area contributed by atoms with E-state index in [9.17, 15) is 0 Å². The van der Waals surface area contributed by atoms with Gasteiger partial charge < -0.3 is 15.4 Å². The first kappa shape index (κ1) is 20.2. The molecule has 1 fully saturated rings. The fourth-order valence-electron chi connectivity index (χ4n) is 3.71. The molecule has 6 nitrogen and oxygen atoms in total. The number of ether oxygens (including phenoxy) is 1. The van der Waals surface area contributed by atoms with Crippen molar-refractivity contribution in [3.63, 3.8) is 0 Å². The summed E-state index contributed by atoms with van der Waals surface area (Å²) in [6.07, 6.45) is 5.85. The van der Waals surface area contributed by atoms with Crippen LogP contribution in [0.1, 0.15) is 18.4 Å². The van der Waals surface area contributed by atoms with Gasteiger partial charge in [-0.3, -0.25) is 0 Å². The molecule has 3 heterocycles. The molecule has 8 heteroatoms. The maximum Gasteiger partial charge on any atom is 0.227 e. The van der Waals surface area contributed by atoms with E-state index in [0.717, 1.165) is 64.4 Å². The molecule has 1 aliphatic rings. The number of hydrogen-bond donors (Lipinski definition) is 3. The van der Waals surface area contributed by atoms with Crippen LogP contribution in [0.25, 0.3) is 21.5 Å². The molecular weight excluding hydrogens is 426 g/mol. The first-order chi connectivity index (χ1) is 15.3. The third kappa shape index (κ3) is 4.66. The van der Waals surface area contributed by atoms with Crippen LogP contribution < -0.4 is 15.4 Å². The van der Waals surface area contributed by atoms with Crippen LogP contribution in [-0.2, 0) is 5.75 Å². The molecule has 2 aromatic heterocycles. The standard InChI is InChI=1S/C23H23N5OS2/c30-14-15-2-1-3-17(10-15)27-23-26-13-16-11-19(22-25-8-9-31-22)21(12-20(16)28-23)29-18-4-6-24-7-5-18/h1-3,8-13,18,24,30H,4-7,14H2,(H,26,27,28). The molecule has 0 radical (unpaired) electrons. The van der Waals surface area contributed by atoms with E-state index in [1.165, 1.54) is 0 Å². The molecule has 0 unspecified atom stereocenters. The summed E-state index contributed by atoms with van der Waals surface area (Å²) >= 11 is 5.96. The van der Waals surface area contributed by atoms with E-state index in [1.807, 2.05) is 42.0 Å². The Morgan fingerprint density at radius 2 is 2.06 bits per heavy atom. The highest BCUT2D eigenvalue weighted by Gasteiger charge is 2.19. The largest absolute Gasteiger partial charge is 0.490 e. The molecule has 0 spiro atoms. The Bertz CT molecular complexity index is 1180. The Balaban J connectivity index is 1.50. The minimum atomic E-state index is 0.195. The molecular formula is C23H23N5OS2. The van der Waals surface area contributed by atoms with Gasteiger partial charge in [-0.2, -0.15) is 12.6 Å². The summed E-state index contributed by atoms with van der Waals surface area (Å²) < 4.78 is 6.44. The monoisotopic (exact) mass is 449 g/mol.